The third kappa shape index (κ3) is 4.28. The van der Waals surface area contributed by atoms with Crippen molar-refractivity contribution in [2.24, 2.45) is 0 Å². The van der Waals surface area contributed by atoms with Crippen molar-refractivity contribution in [3.05, 3.63) is 29.0 Å². The number of carbonyl (C=O) groups excluding carboxylic acids is 1. The third-order valence-electron chi connectivity index (χ3n) is 2.65. The van der Waals surface area contributed by atoms with Crippen LogP contribution in [0.4, 0.5) is 10.5 Å². The molecular formula is C12H15N5O3S. The highest BCUT2D eigenvalue weighted by atomic mass is 32.1. The normalized spacial score (nSPS) is 11.9. The van der Waals surface area contributed by atoms with E-state index in [2.05, 4.69) is 20.7 Å². The molecular weight excluding hydrogens is 294 g/mol. The van der Waals surface area contributed by atoms with E-state index in [0.717, 1.165) is 11.4 Å². The predicted octanol–water partition coefficient (Wildman–Crippen LogP) is 1.70. The van der Waals surface area contributed by atoms with E-state index < -0.39 is 5.97 Å². The number of carboxylic acids is 1. The van der Waals surface area contributed by atoms with Gasteiger partial charge in [-0.05, 0) is 6.42 Å². The number of hydrogen-bond donors (Lipinski definition) is 3. The van der Waals surface area contributed by atoms with E-state index in [1.807, 2.05) is 12.3 Å². The fraction of sp³-hybridized carbons (Fsp3) is 0.333. The lowest BCUT2D eigenvalue weighted by molar-refractivity contribution is -0.137. The summed E-state index contributed by atoms with van der Waals surface area (Å²) in [6.45, 7) is 1.71. The van der Waals surface area contributed by atoms with Gasteiger partial charge in [0.05, 0.1) is 17.9 Å². The first kappa shape index (κ1) is 15.0. The van der Waals surface area contributed by atoms with Gasteiger partial charge in [0.25, 0.3) is 0 Å². The molecule has 8 nitrogen and oxygen atoms in total. The van der Waals surface area contributed by atoms with Gasteiger partial charge in [-0.25, -0.2) is 9.78 Å². The molecule has 0 spiro atoms. The van der Waals surface area contributed by atoms with Crippen LogP contribution in [0.15, 0.2) is 24.0 Å². The van der Waals surface area contributed by atoms with Crippen molar-refractivity contribution in [2.45, 2.75) is 25.9 Å². The van der Waals surface area contributed by atoms with E-state index in [4.69, 9.17) is 5.11 Å². The highest BCUT2D eigenvalue weighted by molar-refractivity contribution is 7.09. The average molecular weight is 309 g/mol. The molecule has 0 fully saturated rings. The van der Waals surface area contributed by atoms with Crippen LogP contribution in [-0.2, 0) is 11.3 Å². The van der Waals surface area contributed by atoms with Gasteiger partial charge in [0, 0.05) is 17.8 Å². The number of hydrogen-bond acceptors (Lipinski definition) is 5. The molecule has 0 aliphatic carbocycles. The monoisotopic (exact) mass is 309 g/mol. The Bertz CT molecular complexity index is 610. The molecule has 21 heavy (non-hydrogen) atoms. The first-order valence-electron chi connectivity index (χ1n) is 6.29. The summed E-state index contributed by atoms with van der Waals surface area (Å²) in [7, 11) is 0. The lowest BCUT2D eigenvalue weighted by Crippen LogP contribution is -2.32. The smallest absolute Gasteiger partial charge is 0.325 e. The predicted molar refractivity (Wildman–Crippen MR) is 77.2 cm³/mol. The summed E-state index contributed by atoms with van der Waals surface area (Å²) in [5.74, 6) is -0.996. The summed E-state index contributed by atoms with van der Waals surface area (Å²) < 4.78 is 1.23. The van der Waals surface area contributed by atoms with Crippen molar-refractivity contribution in [2.75, 3.05) is 5.32 Å². The highest BCUT2D eigenvalue weighted by Gasteiger charge is 2.15. The van der Waals surface area contributed by atoms with Crippen molar-refractivity contribution < 1.29 is 14.7 Å². The van der Waals surface area contributed by atoms with Crippen molar-refractivity contribution in [3.8, 4) is 0 Å². The molecule has 1 atom stereocenters. The minimum atomic E-state index is -0.996. The van der Waals surface area contributed by atoms with Crippen LogP contribution in [0.5, 0.6) is 0 Å². The van der Waals surface area contributed by atoms with Crippen molar-refractivity contribution >= 4 is 29.0 Å². The van der Waals surface area contributed by atoms with Crippen LogP contribution in [-0.4, -0.2) is 31.9 Å². The van der Waals surface area contributed by atoms with Crippen LogP contribution in [0.1, 0.15) is 24.4 Å². The first-order chi connectivity index (χ1) is 10.1. The number of carboxylic acid groups (broad SMARTS) is 1. The van der Waals surface area contributed by atoms with E-state index in [1.165, 1.54) is 28.4 Å². The van der Waals surface area contributed by atoms with Gasteiger partial charge >= 0.3 is 12.0 Å². The Labute approximate surface area is 124 Å². The second-order valence-electron chi connectivity index (χ2n) is 4.25. The molecule has 0 aliphatic rings. The number of carbonyl (C=O) groups is 2. The Morgan fingerprint density at radius 3 is 2.95 bits per heavy atom. The number of aromatic nitrogens is 3. The van der Waals surface area contributed by atoms with Crippen LogP contribution in [0.2, 0.25) is 0 Å². The summed E-state index contributed by atoms with van der Waals surface area (Å²) in [5.41, 5.74) is 0.433. The van der Waals surface area contributed by atoms with Gasteiger partial charge in [0.1, 0.15) is 11.6 Å². The van der Waals surface area contributed by atoms with Crippen LogP contribution in [0, 0.1) is 0 Å². The van der Waals surface area contributed by atoms with E-state index in [1.54, 1.807) is 6.20 Å². The second-order valence-corrected chi connectivity index (χ2v) is 5.18. The average Bonchev–Trinajstić information content (AvgIpc) is 3.07. The molecule has 2 amide bonds. The molecule has 0 aliphatic heterocycles. The number of nitrogens with zero attached hydrogens (tertiary/aromatic N) is 3. The van der Waals surface area contributed by atoms with Crippen molar-refractivity contribution in [1.82, 2.24) is 20.1 Å². The number of aliphatic carboxylic acids is 1. The van der Waals surface area contributed by atoms with Crippen LogP contribution >= 0.6 is 11.3 Å². The summed E-state index contributed by atoms with van der Waals surface area (Å²) in [6.07, 6.45) is 5.27. The molecule has 1 unspecified atom stereocenters. The zero-order valence-electron chi connectivity index (χ0n) is 11.3. The maximum absolute atomic E-state index is 11.9. The number of nitrogens with one attached hydrogen (secondary N) is 2. The van der Waals surface area contributed by atoms with Gasteiger partial charge in [-0.3, -0.25) is 9.48 Å². The molecule has 112 valence electrons. The summed E-state index contributed by atoms with van der Waals surface area (Å²) in [4.78, 5) is 26.6. The van der Waals surface area contributed by atoms with E-state index in [-0.39, 0.29) is 18.6 Å². The Kier molecular flexibility index (Phi) is 4.88. The van der Waals surface area contributed by atoms with Gasteiger partial charge < -0.3 is 15.7 Å². The lowest BCUT2D eigenvalue weighted by Gasteiger charge is -2.14. The van der Waals surface area contributed by atoms with Crippen LogP contribution in [0.3, 0.4) is 0 Å². The van der Waals surface area contributed by atoms with E-state index in [0.29, 0.717) is 5.69 Å². The molecule has 2 rings (SSSR count). The Morgan fingerprint density at radius 2 is 2.33 bits per heavy atom. The largest absolute Gasteiger partial charge is 0.480 e. The molecule has 9 heteroatoms. The number of anilines is 1. The standard InChI is InChI=1S/C12H15N5O3S/c1-2-9(11-13-3-4-21-11)16-12(20)15-8-5-14-17(6-8)7-10(18)19/h3-6,9H,2,7H2,1H3,(H,18,19)(H2,15,16,20). The van der Waals surface area contributed by atoms with Gasteiger partial charge in [-0.1, -0.05) is 6.92 Å². The highest BCUT2D eigenvalue weighted by Crippen LogP contribution is 2.18. The van der Waals surface area contributed by atoms with E-state index in [9.17, 15) is 9.59 Å². The van der Waals surface area contributed by atoms with Gasteiger partial charge in [-0.15, -0.1) is 11.3 Å². The quantitative estimate of drug-likeness (QED) is 0.752. The number of thiazole rings is 1. The van der Waals surface area contributed by atoms with Gasteiger partial charge in [-0.2, -0.15) is 5.10 Å². The lowest BCUT2D eigenvalue weighted by atomic mass is 10.2. The maximum atomic E-state index is 11.9. The molecule has 0 bridgehead atoms. The van der Waals surface area contributed by atoms with Gasteiger partial charge in [0.2, 0.25) is 0 Å². The molecule has 0 aromatic carbocycles. The summed E-state index contributed by atoms with van der Waals surface area (Å²) in [5, 5.41) is 20.6. The molecule has 3 N–H and O–H groups in total. The second kappa shape index (κ2) is 6.84. The first-order valence-corrected chi connectivity index (χ1v) is 7.17. The fourth-order valence-electron chi connectivity index (χ4n) is 1.72. The molecule has 0 saturated carbocycles. The topological polar surface area (TPSA) is 109 Å². The summed E-state index contributed by atoms with van der Waals surface area (Å²) >= 11 is 1.48. The minimum Gasteiger partial charge on any atom is -0.480 e. The number of rotatable bonds is 6. The summed E-state index contributed by atoms with van der Waals surface area (Å²) in [6, 6.07) is -0.536. The molecule has 0 saturated heterocycles. The van der Waals surface area contributed by atoms with Crippen molar-refractivity contribution in [3.63, 3.8) is 0 Å². The zero-order chi connectivity index (χ0) is 15.2. The fourth-order valence-corrected chi connectivity index (χ4v) is 2.50. The van der Waals surface area contributed by atoms with Gasteiger partial charge in [0.15, 0.2) is 0 Å². The molecule has 2 aromatic heterocycles. The third-order valence-corrected chi connectivity index (χ3v) is 3.54. The Hall–Kier alpha value is -2.42. The van der Waals surface area contributed by atoms with Crippen LogP contribution in [0.25, 0.3) is 0 Å². The van der Waals surface area contributed by atoms with Crippen LogP contribution < -0.4 is 10.6 Å². The van der Waals surface area contributed by atoms with Crippen molar-refractivity contribution in [1.29, 1.82) is 0 Å². The number of urea groups is 1. The number of amides is 2. The SMILES string of the molecule is CCC(NC(=O)Nc1cnn(CC(=O)O)c1)c1nccs1. The minimum absolute atomic E-state index is 0.154. The molecule has 2 heterocycles. The molecule has 0 radical (unpaired) electrons. The Morgan fingerprint density at radius 1 is 1.52 bits per heavy atom. The molecule has 2 aromatic rings. The Balaban J connectivity index is 1.92. The zero-order valence-corrected chi connectivity index (χ0v) is 12.1. The maximum Gasteiger partial charge on any atom is 0.325 e. The van der Waals surface area contributed by atoms with E-state index >= 15 is 0 Å².